The average Bonchev–Trinajstić information content (AvgIpc) is 2.90. The maximum Gasteiger partial charge on any atom is 0.227 e. The number of halogens is 1. The molecule has 0 spiro atoms. The number of morpholine rings is 1. The van der Waals surface area contributed by atoms with Gasteiger partial charge in [0.05, 0.1) is 35.3 Å². The number of pyridine rings is 1. The second-order valence-electron chi connectivity index (χ2n) is 7.51. The lowest BCUT2D eigenvalue weighted by atomic mass is 10.1. The summed E-state index contributed by atoms with van der Waals surface area (Å²) in [6, 6.07) is 9.72. The van der Waals surface area contributed by atoms with Crippen molar-refractivity contribution in [2.75, 3.05) is 41.8 Å². The monoisotopic (exact) mass is 452 g/mol. The van der Waals surface area contributed by atoms with Crippen LogP contribution in [0.15, 0.2) is 36.5 Å². The zero-order chi connectivity index (χ0) is 21.4. The van der Waals surface area contributed by atoms with Crippen LogP contribution >= 0.6 is 23.8 Å². The van der Waals surface area contributed by atoms with E-state index in [1.165, 1.54) is 0 Å². The van der Waals surface area contributed by atoms with Crippen LogP contribution in [0.2, 0.25) is 5.02 Å². The normalized spacial score (nSPS) is 15.5. The molecule has 1 aromatic carbocycles. The summed E-state index contributed by atoms with van der Waals surface area (Å²) in [7, 11) is 0. The van der Waals surface area contributed by atoms with Crippen molar-refractivity contribution in [3.05, 3.63) is 52.8 Å². The van der Waals surface area contributed by atoms with Crippen LogP contribution in [0.4, 0.5) is 23.1 Å². The minimum absolute atomic E-state index is 0.511. The van der Waals surface area contributed by atoms with Gasteiger partial charge < -0.3 is 20.3 Å². The number of aryl methyl sites for hydroxylation is 1. The Morgan fingerprint density at radius 1 is 1.16 bits per heavy atom. The van der Waals surface area contributed by atoms with Gasteiger partial charge in [-0.3, -0.25) is 0 Å². The Hall–Kier alpha value is -2.81. The fraction of sp³-hybridized carbons (Fsp3) is 0.273. The number of anilines is 4. The Labute approximate surface area is 190 Å². The van der Waals surface area contributed by atoms with Crippen LogP contribution in [0, 0.1) is 6.92 Å². The van der Waals surface area contributed by atoms with Gasteiger partial charge in [-0.15, -0.1) is 0 Å². The van der Waals surface area contributed by atoms with Crippen LogP contribution < -0.4 is 15.5 Å². The van der Waals surface area contributed by atoms with Gasteiger partial charge in [0.2, 0.25) is 5.95 Å². The van der Waals surface area contributed by atoms with E-state index in [1.54, 1.807) is 0 Å². The van der Waals surface area contributed by atoms with Gasteiger partial charge in [0.25, 0.3) is 0 Å². The van der Waals surface area contributed by atoms with E-state index in [1.807, 2.05) is 43.5 Å². The first-order chi connectivity index (χ1) is 15.1. The highest BCUT2D eigenvalue weighted by atomic mass is 35.5. The number of nitrogens with one attached hydrogen (secondary N) is 2. The van der Waals surface area contributed by atoms with Crippen LogP contribution in [0.3, 0.4) is 0 Å². The summed E-state index contributed by atoms with van der Waals surface area (Å²) in [6.07, 6.45) is 2.40. The van der Waals surface area contributed by atoms with Crippen LogP contribution in [-0.4, -0.2) is 46.2 Å². The number of nitrogens with zero attached hydrogens (tertiary/aromatic N) is 4. The average molecular weight is 453 g/mol. The van der Waals surface area contributed by atoms with Gasteiger partial charge in [-0.1, -0.05) is 23.8 Å². The van der Waals surface area contributed by atoms with E-state index >= 15 is 0 Å². The molecule has 31 heavy (non-hydrogen) atoms. The van der Waals surface area contributed by atoms with Gasteiger partial charge in [0.1, 0.15) is 5.82 Å². The van der Waals surface area contributed by atoms with Gasteiger partial charge in [0, 0.05) is 47.5 Å². The van der Waals surface area contributed by atoms with E-state index in [-0.39, 0.29) is 0 Å². The summed E-state index contributed by atoms with van der Waals surface area (Å²) < 4.78 is 5.43. The summed E-state index contributed by atoms with van der Waals surface area (Å²) in [5, 5.41) is 7.23. The molecular weight excluding hydrogens is 432 g/mol. The highest BCUT2D eigenvalue weighted by Crippen LogP contribution is 2.35. The molecule has 9 heteroatoms. The van der Waals surface area contributed by atoms with Crippen LogP contribution in [-0.2, 0) is 11.2 Å². The lowest BCUT2D eigenvalue weighted by Crippen LogP contribution is -2.36. The molecule has 5 rings (SSSR count). The first-order valence-corrected chi connectivity index (χ1v) is 10.9. The number of aromatic nitrogens is 3. The number of rotatable bonds is 3. The molecule has 0 bridgehead atoms. The van der Waals surface area contributed by atoms with E-state index in [0.29, 0.717) is 22.4 Å². The first-order valence-electron chi connectivity index (χ1n) is 10.1. The molecule has 1 fully saturated rings. The molecule has 2 aromatic heterocycles. The lowest BCUT2D eigenvalue weighted by molar-refractivity contribution is 0.122. The van der Waals surface area contributed by atoms with Gasteiger partial charge in [-0.05, 0) is 37.3 Å². The largest absolute Gasteiger partial charge is 0.378 e. The predicted molar refractivity (Wildman–Crippen MR) is 128 cm³/mol. The van der Waals surface area contributed by atoms with Crippen molar-refractivity contribution in [1.29, 1.82) is 0 Å². The van der Waals surface area contributed by atoms with E-state index in [2.05, 4.69) is 20.5 Å². The number of hydrogen-bond acceptors (Lipinski definition) is 7. The summed E-state index contributed by atoms with van der Waals surface area (Å²) in [6.45, 7) is 5.15. The lowest BCUT2D eigenvalue weighted by Gasteiger charge is -2.28. The molecular formula is C22H21ClN6OS. The predicted octanol–water partition coefficient (Wildman–Crippen LogP) is 4.38. The molecule has 0 radical (unpaired) electrons. The van der Waals surface area contributed by atoms with E-state index in [9.17, 15) is 0 Å². The Morgan fingerprint density at radius 3 is 2.81 bits per heavy atom. The second kappa shape index (κ2) is 8.37. The van der Waals surface area contributed by atoms with Gasteiger partial charge in [-0.25, -0.2) is 15.0 Å². The Balaban J connectivity index is 1.45. The van der Waals surface area contributed by atoms with Gasteiger partial charge in [0.15, 0.2) is 0 Å². The number of thiocarbonyl (C=S) groups is 1. The van der Waals surface area contributed by atoms with Crippen molar-refractivity contribution >= 4 is 51.9 Å². The minimum atomic E-state index is 0.511. The second-order valence-corrected chi connectivity index (χ2v) is 8.44. The fourth-order valence-electron chi connectivity index (χ4n) is 3.79. The van der Waals surface area contributed by atoms with Crippen molar-refractivity contribution in [2.45, 2.75) is 13.3 Å². The molecule has 4 heterocycles. The fourth-order valence-corrected chi connectivity index (χ4v) is 4.23. The summed E-state index contributed by atoms with van der Waals surface area (Å²) in [4.78, 5) is 17.0. The number of benzene rings is 1. The Bertz CT molecular complexity index is 1160. The van der Waals surface area contributed by atoms with Gasteiger partial charge in [-0.2, -0.15) is 0 Å². The molecule has 0 amide bonds. The third kappa shape index (κ3) is 4.19. The topological polar surface area (TPSA) is 75.2 Å². The van der Waals surface area contributed by atoms with Crippen molar-refractivity contribution in [3.63, 3.8) is 0 Å². The smallest absolute Gasteiger partial charge is 0.227 e. The van der Waals surface area contributed by atoms with Gasteiger partial charge >= 0.3 is 0 Å². The number of hydrogen-bond donors (Lipinski definition) is 2. The van der Waals surface area contributed by atoms with E-state index in [0.717, 1.165) is 66.0 Å². The van der Waals surface area contributed by atoms with Crippen molar-refractivity contribution in [1.82, 2.24) is 15.0 Å². The molecule has 0 unspecified atom stereocenters. The molecule has 0 aliphatic carbocycles. The summed E-state index contributed by atoms with van der Waals surface area (Å²) in [5.41, 5.74) is 5.37. The van der Waals surface area contributed by atoms with Crippen LogP contribution in [0.1, 0.15) is 11.3 Å². The molecule has 0 saturated carbocycles. The molecule has 2 aliphatic heterocycles. The zero-order valence-corrected chi connectivity index (χ0v) is 18.6. The van der Waals surface area contributed by atoms with Crippen molar-refractivity contribution in [3.8, 4) is 11.3 Å². The number of ether oxygens (including phenoxy) is 1. The van der Waals surface area contributed by atoms with Crippen molar-refractivity contribution < 1.29 is 4.74 Å². The van der Waals surface area contributed by atoms with E-state index < -0.39 is 0 Å². The maximum absolute atomic E-state index is 6.18. The Morgan fingerprint density at radius 2 is 2.00 bits per heavy atom. The zero-order valence-electron chi connectivity index (χ0n) is 17.0. The highest BCUT2D eigenvalue weighted by molar-refractivity contribution is 7.80. The van der Waals surface area contributed by atoms with Crippen LogP contribution in [0.25, 0.3) is 11.3 Å². The summed E-state index contributed by atoms with van der Waals surface area (Å²) >= 11 is 11.6. The molecule has 1 saturated heterocycles. The van der Waals surface area contributed by atoms with Crippen molar-refractivity contribution in [2.24, 2.45) is 0 Å². The van der Waals surface area contributed by atoms with Crippen LogP contribution in [0.5, 0.6) is 0 Å². The molecule has 0 atom stereocenters. The molecule has 158 valence electrons. The Kier molecular flexibility index (Phi) is 5.43. The third-order valence-corrected chi connectivity index (χ3v) is 5.86. The summed E-state index contributed by atoms with van der Waals surface area (Å²) in [5.74, 6) is 1.47. The number of fused-ring (bicyclic) bond motifs is 3. The quantitative estimate of drug-likeness (QED) is 0.567. The molecule has 7 nitrogen and oxygen atoms in total. The molecule has 3 aromatic rings. The first kappa shape index (κ1) is 20.1. The highest BCUT2D eigenvalue weighted by Gasteiger charge is 2.20. The van der Waals surface area contributed by atoms with E-state index in [4.69, 9.17) is 38.5 Å². The molecule has 2 N–H and O–H groups in total. The standard InChI is InChI=1S/C22H21ClN6OS/c1-13-17(4-5-19(25-13)29-6-8-30-9-7-29)27-22-24-12-14-10-20(31)26-18-11-15(23)2-3-16(18)21(14)28-22/h2-5,11-12H,6-10H2,1H3,(H,26,31)(H,24,27,28). The third-order valence-electron chi connectivity index (χ3n) is 5.38. The minimum Gasteiger partial charge on any atom is -0.378 e. The molecule has 2 aliphatic rings. The maximum atomic E-state index is 6.18. The SMILES string of the molecule is Cc1nc(N2CCOCC2)ccc1Nc1ncc2c(n1)-c1ccc(Cl)cc1NC(=S)C2.